The number of aromatic amines is 1. The predicted octanol–water partition coefficient (Wildman–Crippen LogP) is 2.95. The monoisotopic (exact) mass is 349 g/mol. The van der Waals surface area contributed by atoms with E-state index in [9.17, 15) is 9.90 Å². The van der Waals surface area contributed by atoms with Gasteiger partial charge in [0.05, 0.1) is 12.6 Å². The fourth-order valence-electron chi connectivity index (χ4n) is 3.12. The van der Waals surface area contributed by atoms with Crippen molar-refractivity contribution in [3.63, 3.8) is 0 Å². The number of carbonyl (C=O) groups is 1. The maximum absolute atomic E-state index is 12.5. The Bertz CT molecular complexity index is 1080. The van der Waals surface area contributed by atoms with Crippen LogP contribution in [0.3, 0.4) is 0 Å². The number of amides is 1. The summed E-state index contributed by atoms with van der Waals surface area (Å²) in [4.78, 5) is 20.1. The van der Waals surface area contributed by atoms with Crippen LogP contribution in [0.1, 0.15) is 21.8 Å². The van der Waals surface area contributed by atoms with Crippen molar-refractivity contribution in [1.29, 1.82) is 0 Å². The molecule has 3 heterocycles. The lowest BCUT2D eigenvalue weighted by atomic mass is 10.1. The normalized spacial score (nSPS) is 12.5. The summed E-state index contributed by atoms with van der Waals surface area (Å²) in [6.45, 7) is 1.72. The zero-order valence-electron chi connectivity index (χ0n) is 14.3. The Kier molecular flexibility index (Phi) is 4.18. The molecule has 3 aromatic heterocycles. The number of nitrogens with one attached hydrogen (secondary N) is 2. The number of pyridine rings is 1. The van der Waals surface area contributed by atoms with Crippen LogP contribution in [0.15, 0.2) is 53.1 Å². The van der Waals surface area contributed by atoms with Crippen LogP contribution < -0.4 is 5.32 Å². The van der Waals surface area contributed by atoms with Crippen LogP contribution in [-0.2, 0) is 6.42 Å². The van der Waals surface area contributed by atoms with Crippen molar-refractivity contribution in [3.05, 3.63) is 65.7 Å². The Morgan fingerprint density at radius 2 is 2.15 bits per heavy atom. The van der Waals surface area contributed by atoms with Gasteiger partial charge in [0.2, 0.25) is 0 Å². The van der Waals surface area contributed by atoms with Gasteiger partial charge in [0, 0.05) is 28.9 Å². The van der Waals surface area contributed by atoms with E-state index in [1.807, 2.05) is 43.5 Å². The zero-order valence-corrected chi connectivity index (χ0v) is 14.3. The predicted molar refractivity (Wildman–Crippen MR) is 99.1 cm³/mol. The molecular weight excluding hydrogens is 330 g/mol. The van der Waals surface area contributed by atoms with E-state index < -0.39 is 6.04 Å². The lowest BCUT2D eigenvalue weighted by Gasteiger charge is -2.15. The Morgan fingerprint density at radius 1 is 1.31 bits per heavy atom. The molecule has 0 bridgehead atoms. The lowest BCUT2D eigenvalue weighted by Crippen LogP contribution is -2.38. The first-order chi connectivity index (χ1) is 12.6. The number of aliphatic hydroxyl groups is 1. The Labute approximate surface area is 149 Å². The van der Waals surface area contributed by atoms with Crippen LogP contribution in [0.4, 0.5) is 0 Å². The Morgan fingerprint density at radius 3 is 3.00 bits per heavy atom. The van der Waals surface area contributed by atoms with Crippen molar-refractivity contribution in [2.24, 2.45) is 0 Å². The average molecular weight is 349 g/mol. The van der Waals surface area contributed by atoms with E-state index in [0.29, 0.717) is 17.5 Å². The first-order valence-corrected chi connectivity index (χ1v) is 8.48. The highest BCUT2D eigenvalue weighted by molar-refractivity contribution is 5.95. The number of para-hydroxylation sites is 1. The zero-order chi connectivity index (χ0) is 18.1. The van der Waals surface area contributed by atoms with E-state index in [-0.39, 0.29) is 18.3 Å². The molecule has 0 saturated heterocycles. The molecule has 132 valence electrons. The first kappa shape index (κ1) is 16.4. The van der Waals surface area contributed by atoms with Crippen LogP contribution in [0.2, 0.25) is 0 Å². The van der Waals surface area contributed by atoms with Crippen LogP contribution in [-0.4, -0.2) is 33.6 Å². The third-order valence-electron chi connectivity index (χ3n) is 4.43. The van der Waals surface area contributed by atoms with Gasteiger partial charge in [-0.15, -0.1) is 0 Å². The molecule has 0 fully saturated rings. The van der Waals surface area contributed by atoms with Crippen molar-refractivity contribution >= 4 is 27.9 Å². The molecule has 0 aliphatic heterocycles. The Balaban J connectivity index is 1.52. The third kappa shape index (κ3) is 3.07. The number of nitrogens with zero attached hydrogens (tertiary/aromatic N) is 1. The molecule has 4 rings (SSSR count). The summed E-state index contributed by atoms with van der Waals surface area (Å²) < 4.78 is 5.57. The fraction of sp³-hybridized carbons (Fsp3) is 0.200. The number of hydrogen-bond donors (Lipinski definition) is 3. The molecule has 3 N–H and O–H groups in total. The van der Waals surface area contributed by atoms with Gasteiger partial charge in [0.25, 0.3) is 5.91 Å². The third-order valence-corrected chi connectivity index (χ3v) is 4.43. The number of fused-ring (bicyclic) bond motifs is 2. The minimum atomic E-state index is -0.412. The second kappa shape index (κ2) is 6.65. The second-order valence-corrected chi connectivity index (χ2v) is 6.36. The molecule has 6 nitrogen and oxygen atoms in total. The van der Waals surface area contributed by atoms with Gasteiger partial charge in [-0.2, -0.15) is 0 Å². The fourth-order valence-corrected chi connectivity index (χ4v) is 3.12. The number of aryl methyl sites for hydroxylation is 1. The van der Waals surface area contributed by atoms with Crippen molar-refractivity contribution in [2.75, 3.05) is 6.61 Å². The van der Waals surface area contributed by atoms with E-state index >= 15 is 0 Å². The molecule has 1 amide bonds. The second-order valence-electron chi connectivity index (χ2n) is 6.36. The molecule has 26 heavy (non-hydrogen) atoms. The maximum atomic E-state index is 12.5. The first-order valence-electron chi connectivity index (χ1n) is 8.48. The van der Waals surface area contributed by atoms with E-state index in [1.165, 1.54) is 0 Å². The van der Waals surface area contributed by atoms with Gasteiger partial charge < -0.3 is 19.8 Å². The summed E-state index contributed by atoms with van der Waals surface area (Å²) in [7, 11) is 0. The number of carbonyl (C=O) groups excluding carboxylic acids is 1. The summed E-state index contributed by atoms with van der Waals surface area (Å²) in [5.74, 6) is -0.171. The smallest absolute Gasteiger partial charge is 0.287 e. The summed E-state index contributed by atoms with van der Waals surface area (Å²) in [5.41, 5.74) is 4.15. The molecule has 0 saturated carbocycles. The summed E-state index contributed by atoms with van der Waals surface area (Å²) in [5, 5.41) is 13.6. The molecular formula is C20H19N3O3. The number of aliphatic hydroxyl groups excluding tert-OH is 1. The highest BCUT2D eigenvalue weighted by Crippen LogP contribution is 2.20. The van der Waals surface area contributed by atoms with E-state index in [2.05, 4.69) is 15.3 Å². The lowest BCUT2D eigenvalue weighted by molar-refractivity contribution is 0.0890. The van der Waals surface area contributed by atoms with Gasteiger partial charge >= 0.3 is 0 Å². The topological polar surface area (TPSA) is 91.1 Å². The number of benzene rings is 1. The Hall–Kier alpha value is -3.12. The van der Waals surface area contributed by atoms with Crippen molar-refractivity contribution in [2.45, 2.75) is 19.4 Å². The van der Waals surface area contributed by atoms with Gasteiger partial charge in [-0.3, -0.25) is 4.79 Å². The summed E-state index contributed by atoms with van der Waals surface area (Å²) >= 11 is 0. The van der Waals surface area contributed by atoms with E-state index in [0.717, 1.165) is 22.2 Å². The molecule has 4 aromatic rings. The standard InChI is InChI=1S/C20H19N3O3/c1-12-6-7-18-17(22-12)9-19(26-18)20(25)23-14(11-24)8-13-10-21-16-5-3-2-4-15(13)16/h2-7,9-10,14,21,24H,8,11H2,1H3,(H,23,25)/t14-/m0/s1. The number of furan rings is 1. The number of hydrogen-bond acceptors (Lipinski definition) is 4. The van der Waals surface area contributed by atoms with Crippen LogP contribution in [0.25, 0.3) is 22.0 Å². The molecule has 0 unspecified atom stereocenters. The maximum Gasteiger partial charge on any atom is 0.287 e. The molecule has 0 aliphatic rings. The van der Waals surface area contributed by atoms with E-state index in [4.69, 9.17) is 4.42 Å². The van der Waals surface area contributed by atoms with Crippen molar-refractivity contribution < 1.29 is 14.3 Å². The number of H-pyrrole nitrogens is 1. The largest absolute Gasteiger partial charge is 0.449 e. The highest BCUT2D eigenvalue weighted by atomic mass is 16.3. The van der Waals surface area contributed by atoms with E-state index in [1.54, 1.807) is 12.1 Å². The minimum Gasteiger partial charge on any atom is -0.449 e. The van der Waals surface area contributed by atoms with Crippen molar-refractivity contribution in [1.82, 2.24) is 15.3 Å². The number of aromatic nitrogens is 2. The summed E-state index contributed by atoms with van der Waals surface area (Å²) in [6, 6.07) is 12.8. The average Bonchev–Trinajstić information content (AvgIpc) is 3.25. The van der Waals surface area contributed by atoms with Gasteiger partial charge in [-0.1, -0.05) is 18.2 Å². The minimum absolute atomic E-state index is 0.164. The summed E-state index contributed by atoms with van der Waals surface area (Å²) in [6.07, 6.45) is 2.43. The molecule has 1 atom stereocenters. The number of rotatable bonds is 5. The van der Waals surface area contributed by atoms with Gasteiger partial charge in [-0.05, 0) is 37.1 Å². The molecule has 0 radical (unpaired) electrons. The molecule has 6 heteroatoms. The van der Waals surface area contributed by atoms with Gasteiger partial charge in [0.15, 0.2) is 11.3 Å². The van der Waals surface area contributed by atoms with Crippen LogP contribution in [0, 0.1) is 6.92 Å². The highest BCUT2D eigenvalue weighted by Gasteiger charge is 2.19. The quantitative estimate of drug-likeness (QED) is 0.517. The van der Waals surface area contributed by atoms with Gasteiger partial charge in [0.1, 0.15) is 5.52 Å². The van der Waals surface area contributed by atoms with Crippen LogP contribution >= 0.6 is 0 Å². The van der Waals surface area contributed by atoms with Gasteiger partial charge in [-0.25, -0.2) is 4.98 Å². The molecule has 0 aliphatic carbocycles. The molecule has 1 aromatic carbocycles. The molecule has 0 spiro atoms. The van der Waals surface area contributed by atoms with Crippen LogP contribution in [0.5, 0.6) is 0 Å². The van der Waals surface area contributed by atoms with Crippen molar-refractivity contribution in [3.8, 4) is 0 Å². The SMILES string of the molecule is Cc1ccc2oc(C(=O)N[C@H](CO)Cc3c[nH]c4ccccc34)cc2n1.